The number of ether oxygens (including phenoxy) is 1. The summed E-state index contributed by atoms with van der Waals surface area (Å²) in [4.78, 5) is 28.2. The maximum atomic E-state index is 12.3. The maximum absolute atomic E-state index is 12.3. The van der Waals surface area contributed by atoms with Crippen molar-refractivity contribution in [2.75, 3.05) is 11.9 Å². The van der Waals surface area contributed by atoms with Gasteiger partial charge in [-0.25, -0.2) is 9.59 Å². The molecule has 0 fully saturated rings. The predicted molar refractivity (Wildman–Crippen MR) is 134 cm³/mol. The van der Waals surface area contributed by atoms with Gasteiger partial charge in [0.15, 0.2) is 0 Å². The van der Waals surface area contributed by atoms with E-state index in [2.05, 4.69) is 58.9 Å². The molecule has 0 radical (unpaired) electrons. The summed E-state index contributed by atoms with van der Waals surface area (Å²) in [6, 6.07) is 25.9. The number of rotatable bonds is 9. The zero-order chi connectivity index (χ0) is 23.8. The summed E-state index contributed by atoms with van der Waals surface area (Å²) in [7, 11) is 0. The van der Waals surface area contributed by atoms with Gasteiger partial charge in [0.2, 0.25) is 0 Å². The monoisotopic (exact) mass is 456 g/mol. The molecule has 0 aliphatic rings. The van der Waals surface area contributed by atoms with Gasteiger partial charge in [0.1, 0.15) is 12.4 Å². The van der Waals surface area contributed by atoms with Gasteiger partial charge in [-0.3, -0.25) is 9.88 Å². The lowest BCUT2D eigenvalue weighted by Crippen LogP contribution is -2.27. The number of hydrogen-bond donors (Lipinski definition) is 2. The number of benzene rings is 3. The molecule has 4 aromatic rings. The fourth-order valence-electron chi connectivity index (χ4n) is 3.84. The van der Waals surface area contributed by atoms with Gasteiger partial charge in [-0.05, 0) is 47.9 Å². The van der Waals surface area contributed by atoms with Crippen LogP contribution in [0.3, 0.4) is 0 Å². The minimum Gasteiger partial charge on any atom is -0.444 e. The van der Waals surface area contributed by atoms with Crippen molar-refractivity contribution in [3.8, 4) is 0 Å². The molecule has 0 saturated heterocycles. The topological polar surface area (TPSA) is 85.2 Å². The van der Waals surface area contributed by atoms with Gasteiger partial charge in [0.25, 0.3) is 0 Å². The summed E-state index contributed by atoms with van der Waals surface area (Å²) in [6.07, 6.45) is 1.75. The highest BCUT2D eigenvalue weighted by atomic mass is 16.5. The molecule has 2 N–H and O–H groups in total. The minimum atomic E-state index is -0.653. The molecule has 1 heterocycles. The Balaban J connectivity index is 1.24. The summed E-state index contributed by atoms with van der Waals surface area (Å²) < 4.78 is 6.69. The second kappa shape index (κ2) is 11.2. The molecule has 0 spiro atoms. The molecule has 4 rings (SSSR count). The lowest BCUT2D eigenvalue weighted by atomic mass is 10.00. The average Bonchev–Trinajstić information content (AvgIpc) is 2.86. The van der Waals surface area contributed by atoms with Crippen molar-refractivity contribution in [2.45, 2.75) is 32.5 Å². The first-order valence-corrected chi connectivity index (χ1v) is 11.4. The van der Waals surface area contributed by atoms with E-state index in [1.54, 1.807) is 12.3 Å². The molecule has 0 unspecified atom stereocenters. The lowest BCUT2D eigenvalue weighted by Gasteiger charge is -2.17. The van der Waals surface area contributed by atoms with Gasteiger partial charge in [-0.15, -0.1) is 0 Å². The van der Waals surface area contributed by atoms with E-state index in [9.17, 15) is 9.59 Å². The lowest BCUT2D eigenvalue weighted by molar-refractivity contribution is 0.155. The first kappa shape index (κ1) is 23.2. The number of carbonyl (C=O) groups excluding carboxylic acids is 1. The second-order valence-corrected chi connectivity index (χ2v) is 8.07. The number of fused-ring (bicyclic) bond motifs is 1. The Bertz CT molecular complexity index is 1300. The fourth-order valence-corrected chi connectivity index (χ4v) is 3.84. The maximum Gasteiger partial charge on any atom is 0.413 e. The third kappa shape index (κ3) is 6.08. The van der Waals surface area contributed by atoms with E-state index in [4.69, 9.17) is 4.74 Å². The molecule has 1 aromatic heterocycles. The van der Waals surface area contributed by atoms with Crippen LogP contribution in [0.15, 0.2) is 89.9 Å². The van der Waals surface area contributed by atoms with Gasteiger partial charge in [0, 0.05) is 18.8 Å². The van der Waals surface area contributed by atoms with Gasteiger partial charge < -0.3 is 10.1 Å². The van der Waals surface area contributed by atoms with Crippen molar-refractivity contribution in [2.24, 2.45) is 0 Å². The van der Waals surface area contributed by atoms with Crippen LogP contribution in [-0.2, 0) is 17.9 Å². The highest BCUT2D eigenvalue weighted by molar-refractivity contribution is 5.86. The van der Waals surface area contributed by atoms with E-state index >= 15 is 0 Å². The molecule has 7 nitrogen and oxygen atoms in total. The minimum absolute atomic E-state index is 0.147. The number of aromatic nitrogens is 2. The molecule has 0 bridgehead atoms. The molecule has 0 saturated carbocycles. The van der Waals surface area contributed by atoms with Crippen molar-refractivity contribution in [3.63, 3.8) is 0 Å². The number of nitrogens with zero attached hydrogens (tertiary/aromatic N) is 2. The van der Waals surface area contributed by atoms with Crippen LogP contribution in [0.5, 0.6) is 0 Å². The molecule has 1 atom stereocenters. The summed E-state index contributed by atoms with van der Waals surface area (Å²) in [5.74, 6) is 0.169. The van der Waals surface area contributed by atoms with Crippen LogP contribution in [-0.4, -0.2) is 22.2 Å². The third-order valence-corrected chi connectivity index (χ3v) is 5.63. The number of amides is 1. The first-order valence-electron chi connectivity index (χ1n) is 11.4. The van der Waals surface area contributed by atoms with E-state index in [1.165, 1.54) is 20.9 Å². The summed E-state index contributed by atoms with van der Waals surface area (Å²) in [5, 5.41) is 8.51. The van der Waals surface area contributed by atoms with E-state index in [0.29, 0.717) is 6.54 Å². The van der Waals surface area contributed by atoms with Crippen molar-refractivity contribution in [3.05, 3.63) is 107 Å². The Morgan fingerprint density at radius 3 is 2.59 bits per heavy atom. The zero-order valence-corrected chi connectivity index (χ0v) is 19.1. The van der Waals surface area contributed by atoms with Crippen molar-refractivity contribution in [1.82, 2.24) is 14.9 Å². The highest BCUT2D eigenvalue weighted by Crippen LogP contribution is 2.23. The molecule has 34 heavy (non-hydrogen) atoms. The van der Waals surface area contributed by atoms with Crippen LogP contribution < -0.4 is 16.3 Å². The summed E-state index contributed by atoms with van der Waals surface area (Å²) in [5.41, 5.74) is 1.72. The Kier molecular flexibility index (Phi) is 7.67. The molecule has 1 amide bonds. The number of nitrogens with one attached hydrogen (secondary N) is 2. The molecular weight excluding hydrogens is 428 g/mol. The van der Waals surface area contributed by atoms with Crippen molar-refractivity contribution < 1.29 is 9.53 Å². The molecule has 174 valence electrons. The summed E-state index contributed by atoms with van der Waals surface area (Å²) >= 11 is 0. The van der Waals surface area contributed by atoms with E-state index in [1.807, 2.05) is 36.4 Å². The standard InChI is InChI=1S/C27H28N4O3/c1-20(23-14-7-12-22-11-5-6-13-24(22)23)28-16-8-17-31-18-15-25(29-26(31)32)30-27(33)34-19-21-9-3-2-4-10-21/h2-7,9-15,18,20,28H,8,16-17,19H2,1H3,(H,29,30,32,33)/t20-/m1/s1. The molecule has 3 aromatic carbocycles. The summed E-state index contributed by atoms with van der Waals surface area (Å²) in [6.45, 7) is 3.57. The second-order valence-electron chi connectivity index (χ2n) is 8.07. The van der Waals surface area contributed by atoms with Gasteiger partial charge >= 0.3 is 11.8 Å². The van der Waals surface area contributed by atoms with Crippen LogP contribution in [0.2, 0.25) is 0 Å². The molecule has 0 aliphatic carbocycles. The highest BCUT2D eigenvalue weighted by Gasteiger charge is 2.09. The Labute approximate surface area is 198 Å². The van der Waals surface area contributed by atoms with Gasteiger partial charge in [-0.2, -0.15) is 4.98 Å². The molecule has 0 aliphatic heterocycles. The first-order chi connectivity index (χ1) is 16.6. The number of hydrogen-bond acceptors (Lipinski definition) is 5. The Morgan fingerprint density at radius 1 is 1.00 bits per heavy atom. The van der Waals surface area contributed by atoms with Crippen molar-refractivity contribution >= 4 is 22.7 Å². The van der Waals surface area contributed by atoms with E-state index < -0.39 is 11.8 Å². The van der Waals surface area contributed by atoms with Crippen LogP contribution in [0.25, 0.3) is 10.8 Å². The molecule has 7 heteroatoms. The van der Waals surface area contributed by atoms with E-state index in [-0.39, 0.29) is 18.5 Å². The Hall–Kier alpha value is -3.97. The van der Waals surface area contributed by atoms with Gasteiger partial charge in [0.05, 0.1) is 0 Å². The van der Waals surface area contributed by atoms with Crippen molar-refractivity contribution in [1.29, 1.82) is 0 Å². The van der Waals surface area contributed by atoms with Crippen LogP contribution in [0, 0.1) is 0 Å². The number of aryl methyl sites for hydroxylation is 1. The van der Waals surface area contributed by atoms with Crippen LogP contribution >= 0.6 is 0 Å². The normalized spacial score (nSPS) is 11.8. The van der Waals surface area contributed by atoms with Crippen LogP contribution in [0.1, 0.15) is 30.5 Å². The number of anilines is 1. The van der Waals surface area contributed by atoms with Gasteiger partial charge in [-0.1, -0.05) is 72.8 Å². The zero-order valence-electron chi connectivity index (χ0n) is 19.1. The fraction of sp³-hybridized carbons (Fsp3) is 0.222. The predicted octanol–water partition coefficient (Wildman–Crippen LogP) is 4.89. The van der Waals surface area contributed by atoms with Crippen LogP contribution in [0.4, 0.5) is 10.6 Å². The largest absolute Gasteiger partial charge is 0.444 e. The average molecular weight is 457 g/mol. The number of carbonyl (C=O) groups is 1. The molecular formula is C27H28N4O3. The smallest absolute Gasteiger partial charge is 0.413 e. The third-order valence-electron chi connectivity index (χ3n) is 5.63. The Morgan fingerprint density at radius 2 is 1.76 bits per heavy atom. The SMILES string of the molecule is C[C@@H](NCCCn1ccc(NC(=O)OCc2ccccc2)nc1=O)c1cccc2ccccc12. The quantitative estimate of drug-likeness (QED) is 0.351. The van der Waals surface area contributed by atoms with E-state index in [0.717, 1.165) is 18.5 Å².